The van der Waals surface area contributed by atoms with Crippen LogP contribution in [0.25, 0.3) is 0 Å². The fourth-order valence-corrected chi connectivity index (χ4v) is 5.64. The number of carbonyl (C=O) groups is 1. The third kappa shape index (κ3) is 6.37. The molecule has 1 amide bonds. The topological polar surface area (TPSA) is 113 Å². The van der Waals surface area contributed by atoms with E-state index >= 15 is 0 Å². The number of carbonyl (C=O) groups excluding carboxylic acids is 1. The minimum atomic E-state index is -3.82. The fourth-order valence-electron chi connectivity index (χ4n) is 3.10. The second kappa shape index (κ2) is 10.2. The Balaban J connectivity index is 1.72. The van der Waals surface area contributed by atoms with Gasteiger partial charge in [-0.15, -0.1) is 0 Å². The van der Waals surface area contributed by atoms with E-state index in [1.807, 2.05) is 19.9 Å². The average molecular weight is 566 g/mol. The first-order valence-corrected chi connectivity index (χ1v) is 14.2. The van der Waals surface area contributed by atoms with E-state index in [0.29, 0.717) is 21.5 Å². The molecule has 0 saturated heterocycles. The van der Waals surface area contributed by atoms with Crippen LogP contribution in [-0.2, 0) is 24.8 Å². The lowest BCUT2D eigenvalue weighted by Crippen LogP contribution is -2.37. The number of anilines is 3. The van der Waals surface area contributed by atoms with Crippen molar-refractivity contribution in [3.8, 4) is 0 Å². The van der Waals surface area contributed by atoms with E-state index in [2.05, 4.69) is 26.0 Å². The molecule has 2 N–H and O–H groups in total. The van der Waals surface area contributed by atoms with Crippen molar-refractivity contribution >= 4 is 58.9 Å². The van der Waals surface area contributed by atoms with Gasteiger partial charge in [0.2, 0.25) is 15.9 Å². The third-order valence-corrected chi connectivity index (χ3v) is 8.21. The van der Waals surface area contributed by atoms with Gasteiger partial charge in [-0.25, -0.2) is 16.8 Å². The predicted octanol–water partition coefficient (Wildman–Crippen LogP) is 4.27. The molecule has 0 aliphatic heterocycles. The Morgan fingerprint density at radius 2 is 1.50 bits per heavy atom. The van der Waals surface area contributed by atoms with Gasteiger partial charge in [-0.1, -0.05) is 18.2 Å². The molecule has 0 aliphatic carbocycles. The summed E-state index contributed by atoms with van der Waals surface area (Å²) < 4.78 is 54.0. The summed E-state index contributed by atoms with van der Waals surface area (Å²) in [6, 6.07) is 17.5. The quantitative estimate of drug-likeness (QED) is 0.423. The van der Waals surface area contributed by atoms with Gasteiger partial charge in [0.25, 0.3) is 10.0 Å². The van der Waals surface area contributed by atoms with Crippen LogP contribution in [0.5, 0.6) is 0 Å². The van der Waals surface area contributed by atoms with Crippen molar-refractivity contribution in [2.24, 2.45) is 0 Å². The number of para-hydroxylation sites is 1. The summed E-state index contributed by atoms with van der Waals surface area (Å²) in [7, 11) is -7.56. The van der Waals surface area contributed by atoms with E-state index in [4.69, 9.17) is 0 Å². The molecule has 0 radical (unpaired) electrons. The predicted molar refractivity (Wildman–Crippen MR) is 138 cm³/mol. The molecule has 8 nitrogen and oxygen atoms in total. The van der Waals surface area contributed by atoms with Crippen LogP contribution in [0.4, 0.5) is 17.1 Å². The van der Waals surface area contributed by atoms with Crippen LogP contribution in [0.3, 0.4) is 0 Å². The highest BCUT2D eigenvalue weighted by Gasteiger charge is 2.23. The molecule has 0 fully saturated rings. The normalized spacial score (nSPS) is 11.6. The van der Waals surface area contributed by atoms with Crippen molar-refractivity contribution in [1.82, 2.24) is 0 Å². The molecule has 0 aromatic heterocycles. The molecule has 180 valence electrons. The first kappa shape index (κ1) is 25.7. The van der Waals surface area contributed by atoms with Crippen LogP contribution in [0.2, 0.25) is 0 Å². The second-order valence-electron chi connectivity index (χ2n) is 7.70. The summed E-state index contributed by atoms with van der Waals surface area (Å²) in [5, 5.41) is 2.60. The van der Waals surface area contributed by atoms with Gasteiger partial charge in [-0.2, -0.15) is 0 Å². The maximum Gasteiger partial charge on any atom is 0.261 e. The standard InChI is InChI=1S/C23H24BrN3O5S2/c1-16-8-9-19(14-17(16)2)26-34(31,32)20-12-10-18(11-13-20)25-23(28)15-27(33(3,29)30)22-7-5-4-6-21(22)24/h4-14,26H,15H2,1-3H3,(H,25,28). The Labute approximate surface area is 208 Å². The van der Waals surface area contributed by atoms with Gasteiger partial charge in [0, 0.05) is 15.8 Å². The molecule has 3 aromatic rings. The molecular formula is C23H24BrN3O5S2. The molecule has 34 heavy (non-hydrogen) atoms. The number of rotatable bonds is 8. The lowest BCUT2D eigenvalue weighted by molar-refractivity contribution is -0.114. The molecule has 0 spiro atoms. The number of amides is 1. The molecular weight excluding hydrogens is 542 g/mol. The summed E-state index contributed by atoms with van der Waals surface area (Å²) in [6.07, 6.45) is 1.02. The smallest absolute Gasteiger partial charge is 0.261 e. The Morgan fingerprint density at radius 1 is 0.882 bits per heavy atom. The highest BCUT2D eigenvalue weighted by molar-refractivity contribution is 9.10. The van der Waals surface area contributed by atoms with Gasteiger partial charge in [-0.3, -0.25) is 13.8 Å². The Hall–Kier alpha value is -2.89. The van der Waals surface area contributed by atoms with E-state index < -0.39 is 32.5 Å². The average Bonchev–Trinajstić information content (AvgIpc) is 2.75. The highest BCUT2D eigenvalue weighted by Crippen LogP contribution is 2.27. The van der Waals surface area contributed by atoms with Crippen LogP contribution in [-0.4, -0.2) is 35.5 Å². The maximum absolute atomic E-state index is 12.7. The van der Waals surface area contributed by atoms with Crippen LogP contribution in [0.15, 0.2) is 76.1 Å². The lowest BCUT2D eigenvalue weighted by Gasteiger charge is -2.23. The van der Waals surface area contributed by atoms with Crippen molar-refractivity contribution in [2.75, 3.05) is 27.1 Å². The zero-order valence-electron chi connectivity index (χ0n) is 18.7. The molecule has 0 saturated carbocycles. The van der Waals surface area contributed by atoms with Crippen LogP contribution in [0.1, 0.15) is 11.1 Å². The molecule has 0 bridgehead atoms. The SMILES string of the molecule is Cc1ccc(NS(=O)(=O)c2ccc(NC(=O)CN(c3ccccc3Br)S(C)(=O)=O)cc2)cc1C. The van der Waals surface area contributed by atoms with Crippen molar-refractivity contribution in [1.29, 1.82) is 0 Å². The number of nitrogens with one attached hydrogen (secondary N) is 2. The molecule has 3 rings (SSSR count). The summed E-state index contributed by atoms with van der Waals surface area (Å²) in [5.74, 6) is -0.579. The Kier molecular flexibility index (Phi) is 7.69. The van der Waals surface area contributed by atoms with E-state index in [1.165, 1.54) is 24.3 Å². The van der Waals surface area contributed by atoms with Crippen molar-refractivity contribution < 1.29 is 21.6 Å². The summed E-state index contributed by atoms with van der Waals surface area (Å²) in [6.45, 7) is 3.39. The number of benzene rings is 3. The molecule has 0 heterocycles. The number of hydrogen-bond donors (Lipinski definition) is 2. The van der Waals surface area contributed by atoms with Gasteiger partial charge in [0.15, 0.2) is 0 Å². The molecule has 0 aliphatic rings. The van der Waals surface area contributed by atoms with Crippen molar-refractivity contribution in [3.63, 3.8) is 0 Å². The number of sulfonamides is 2. The van der Waals surface area contributed by atoms with Gasteiger partial charge < -0.3 is 5.32 Å². The van der Waals surface area contributed by atoms with Crippen molar-refractivity contribution in [3.05, 3.63) is 82.3 Å². The maximum atomic E-state index is 12.7. The van der Waals surface area contributed by atoms with Gasteiger partial charge >= 0.3 is 0 Å². The first-order valence-electron chi connectivity index (χ1n) is 10.1. The van der Waals surface area contributed by atoms with Crippen LogP contribution >= 0.6 is 15.9 Å². The number of nitrogens with zero attached hydrogens (tertiary/aromatic N) is 1. The zero-order valence-corrected chi connectivity index (χ0v) is 22.0. The van der Waals surface area contributed by atoms with Crippen molar-refractivity contribution in [2.45, 2.75) is 18.7 Å². The van der Waals surface area contributed by atoms with Crippen LogP contribution in [0, 0.1) is 13.8 Å². The zero-order chi connectivity index (χ0) is 25.1. The van der Waals surface area contributed by atoms with Gasteiger partial charge in [-0.05, 0) is 89.4 Å². The molecule has 0 unspecified atom stereocenters. The first-order chi connectivity index (χ1) is 15.9. The fraction of sp³-hybridized carbons (Fsp3) is 0.174. The summed E-state index contributed by atoms with van der Waals surface area (Å²) in [5.41, 5.74) is 3.13. The highest BCUT2D eigenvalue weighted by atomic mass is 79.9. The number of hydrogen-bond acceptors (Lipinski definition) is 5. The minimum Gasteiger partial charge on any atom is -0.325 e. The monoisotopic (exact) mass is 565 g/mol. The Bertz CT molecular complexity index is 1420. The van der Waals surface area contributed by atoms with Gasteiger partial charge in [0.1, 0.15) is 6.54 Å². The second-order valence-corrected chi connectivity index (χ2v) is 12.1. The lowest BCUT2D eigenvalue weighted by atomic mass is 10.1. The molecule has 11 heteroatoms. The largest absolute Gasteiger partial charge is 0.325 e. The molecule has 0 atom stereocenters. The summed E-state index contributed by atoms with van der Waals surface area (Å²) in [4.78, 5) is 12.6. The van der Waals surface area contributed by atoms with Gasteiger partial charge in [0.05, 0.1) is 16.8 Å². The van der Waals surface area contributed by atoms with E-state index in [-0.39, 0.29) is 4.90 Å². The summed E-state index contributed by atoms with van der Waals surface area (Å²) >= 11 is 3.30. The number of aryl methyl sites for hydroxylation is 2. The van der Waals surface area contributed by atoms with Crippen LogP contribution < -0.4 is 14.3 Å². The third-order valence-electron chi connectivity index (χ3n) is 5.02. The Morgan fingerprint density at radius 3 is 2.09 bits per heavy atom. The number of halogens is 1. The minimum absolute atomic E-state index is 0.0229. The van der Waals surface area contributed by atoms with E-state index in [0.717, 1.165) is 21.7 Å². The molecule has 3 aromatic carbocycles. The van der Waals surface area contributed by atoms with E-state index in [9.17, 15) is 21.6 Å². The van der Waals surface area contributed by atoms with E-state index in [1.54, 1.807) is 36.4 Å².